The molecular weight excluding hydrogens is 419 g/mol. The van der Waals surface area contributed by atoms with Gasteiger partial charge in [0.15, 0.2) is 0 Å². The SMILES string of the molecule is CN(Cc1ccc(C#N)cc1)C(=O)c1ccc(C(=O)Nc2ccc(C(F)(F)F)cc2)cc1. The molecular formula is C24H18F3N3O2. The first-order valence-corrected chi connectivity index (χ1v) is 9.50. The van der Waals surface area contributed by atoms with Crippen LogP contribution in [0.5, 0.6) is 0 Å². The molecule has 2 amide bonds. The molecule has 0 atom stereocenters. The van der Waals surface area contributed by atoms with E-state index in [0.29, 0.717) is 17.7 Å². The van der Waals surface area contributed by atoms with Crippen molar-refractivity contribution < 1.29 is 22.8 Å². The maximum Gasteiger partial charge on any atom is 0.416 e. The van der Waals surface area contributed by atoms with E-state index in [2.05, 4.69) is 5.32 Å². The van der Waals surface area contributed by atoms with Gasteiger partial charge >= 0.3 is 6.18 Å². The van der Waals surface area contributed by atoms with Gasteiger partial charge in [0.25, 0.3) is 11.8 Å². The lowest BCUT2D eigenvalue weighted by molar-refractivity contribution is -0.137. The molecule has 5 nitrogen and oxygen atoms in total. The van der Waals surface area contributed by atoms with Gasteiger partial charge in [-0.1, -0.05) is 12.1 Å². The lowest BCUT2D eigenvalue weighted by Crippen LogP contribution is -2.26. The molecule has 0 saturated carbocycles. The van der Waals surface area contributed by atoms with Crippen LogP contribution in [-0.2, 0) is 12.7 Å². The van der Waals surface area contributed by atoms with Gasteiger partial charge < -0.3 is 10.2 Å². The predicted octanol–water partition coefficient (Wildman–Crippen LogP) is 5.10. The number of nitrogens with zero attached hydrogens (tertiary/aromatic N) is 2. The van der Waals surface area contributed by atoms with E-state index in [1.807, 2.05) is 6.07 Å². The number of nitriles is 1. The molecule has 162 valence electrons. The molecule has 0 aliphatic heterocycles. The minimum absolute atomic E-state index is 0.227. The van der Waals surface area contributed by atoms with Crippen molar-refractivity contribution >= 4 is 17.5 Å². The molecule has 3 aromatic rings. The fraction of sp³-hybridized carbons (Fsp3) is 0.125. The highest BCUT2D eigenvalue weighted by molar-refractivity contribution is 6.05. The zero-order valence-electron chi connectivity index (χ0n) is 17.0. The highest BCUT2D eigenvalue weighted by Crippen LogP contribution is 2.29. The fourth-order valence-electron chi connectivity index (χ4n) is 2.96. The van der Waals surface area contributed by atoms with Crippen molar-refractivity contribution in [3.05, 3.63) is 101 Å². The zero-order chi connectivity index (χ0) is 23.3. The van der Waals surface area contributed by atoms with Crippen LogP contribution in [0.3, 0.4) is 0 Å². The third-order valence-electron chi connectivity index (χ3n) is 4.71. The first-order chi connectivity index (χ1) is 15.2. The van der Waals surface area contributed by atoms with Crippen LogP contribution in [-0.4, -0.2) is 23.8 Å². The maximum atomic E-state index is 12.6. The summed E-state index contributed by atoms with van der Waals surface area (Å²) in [5.74, 6) is -0.751. The summed E-state index contributed by atoms with van der Waals surface area (Å²) in [7, 11) is 1.64. The standard InChI is InChI=1S/C24H18F3N3O2/c1-30(15-17-4-2-16(14-28)3-5-17)23(32)19-8-6-18(7-9-19)22(31)29-21-12-10-20(11-13-21)24(25,26)27/h2-13H,15H2,1H3,(H,29,31). The van der Waals surface area contributed by atoms with Crippen LogP contribution in [0.1, 0.15) is 37.4 Å². The molecule has 0 aliphatic rings. The number of hydrogen-bond acceptors (Lipinski definition) is 3. The van der Waals surface area contributed by atoms with Crippen molar-refractivity contribution in [3.63, 3.8) is 0 Å². The molecule has 32 heavy (non-hydrogen) atoms. The summed E-state index contributed by atoms with van der Waals surface area (Å²) < 4.78 is 37.9. The molecule has 0 heterocycles. The van der Waals surface area contributed by atoms with Gasteiger partial charge in [0.05, 0.1) is 17.2 Å². The third-order valence-corrected chi connectivity index (χ3v) is 4.71. The molecule has 0 aromatic heterocycles. The topological polar surface area (TPSA) is 73.2 Å². The van der Waals surface area contributed by atoms with E-state index in [-0.39, 0.29) is 17.2 Å². The van der Waals surface area contributed by atoms with Gasteiger partial charge in [-0.15, -0.1) is 0 Å². The minimum atomic E-state index is -4.45. The number of amides is 2. The number of carbonyl (C=O) groups excluding carboxylic acids is 2. The molecule has 0 bridgehead atoms. The summed E-state index contributed by atoms with van der Waals surface area (Å²) in [4.78, 5) is 26.5. The molecule has 0 aliphatic carbocycles. The number of anilines is 1. The average Bonchev–Trinajstić information content (AvgIpc) is 2.79. The van der Waals surface area contributed by atoms with Crippen molar-refractivity contribution in [1.82, 2.24) is 4.90 Å². The van der Waals surface area contributed by atoms with E-state index >= 15 is 0 Å². The number of rotatable bonds is 5. The highest BCUT2D eigenvalue weighted by atomic mass is 19.4. The molecule has 1 N–H and O–H groups in total. The van der Waals surface area contributed by atoms with Crippen molar-refractivity contribution in [2.75, 3.05) is 12.4 Å². The van der Waals surface area contributed by atoms with Crippen LogP contribution < -0.4 is 5.32 Å². The summed E-state index contributed by atoms with van der Waals surface area (Å²) in [6.45, 7) is 0.348. The van der Waals surface area contributed by atoms with Crippen LogP contribution in [0.15, 0.2) is 72.8 Å². The largest absolute Gasteiger partial charge is 0.416 e. The lowest BCUT2D eigenvalue weighted by atomic mass is 10.1. The van der Waals surface area contributed by atoms with Crippen molar-refractivity contribution in [1.29, 1.82) is 5.26 Å². The van der Waals surface area contributed by atoms with Crippen molar-refractivity contribution in [2.24, 2.45) is 0 Å². The van der Waals surface area contributed by atoms with Crippen LogP contribution in [0, 0.1) is 11.3 Å². The number of halogens is 3. The Morgan fingerprint density at radius 2 is 1.47 bits per heavy atom. The van der Waals surface area contributed by atoms with E-state index in [0.717, 1.165) is 17.7 Å². The first-order valence-electron chi connectivity index (χ1n) is 9.50. The molecule has 0 saturated heterocycles. The number of benzene rings is 3. The second kappa shape index (κ2) is 9.35. The van der Waals surface area contributed by atoms with Crippen LogP contribution >= 0.6 is 0 Å². The number of alkyl halides is 3. The van der Waals surface area contributed by atoms with Crippen LogP contribution in [0.4, 0.5) is 18.9 Å². The molecule has 8 heteroatoms. The Balaban J connectivity index is 1.62. The van der Waals surface area contributed by atoms with Gasteiger partial charge in [-0.05, 0) is 66.2 Å². The normalized spacial score (nSPS) is 10.8. The Labute approximate surface area is 182 Å². The van der Waals surface area contributed by atoms with Gasteiger partial charge in [-0.3, -0.25) is 9.59 Å². The van der Waals surface area contributed by atoms with E-state index in [1.165, 1.54) is 41.3 Å². The molecule has 0 unspecified atom stereocenters. The number of nitrogens with one attached hydrogen (secondary N) is 1. The molecule has 0 spiro atoms. The van der Waals surface area contributed by atoms with Crippen molar-refractivity contribution in [3.8, 4) is 6.07 Å². The van der Waals surface area contributed by atoms with Gasteiger partial charge in [-0.25, -0.2) is 0 Å². The molecule has 3 aromatic carbocycles. The average molecular weight is 437 g/mol. The summed E-state index contributed by atoms with van der Waals surface area (Å²) in [6.07, 6.45) is -4.45. The summed E-state index contributed by atoms with van der Waals surface area (Å²) in [5.41, 5.74) is 1.47. The summed E-state index contributed by atoms with van der Waals surface area (Å²) >= 11 is 0. The molecule has 0 radical (unpaired) electrons. The smallest absolute Gasteiger partial charge is 0.337 e. The second-order valence-corrected chi connectivity index (χ2v) is 7.08. The fourth-order valence-corrected chi connectivity index (χ4v) is 2.96. The Hall–Kier alpha value is -4.12. The van der Waals surface area contributed by atoms with Gasteiger partial charge in [0.1, 0.15) is 0 Å². The van der Waals surface area contributed by atoms with Crippen LogP contribution in [0.25, 0.3) is 0 Å². The second-order valence-electron chi connectivity index (χ2n) is 7.08. The van der Waals surface area contributed by atoms with E-state index in [9.17, 15) is 22.8 Å². The third kappa shape index (κ3) is 5.52. The monoisotopic (exact) mass is 437 g/mol. The number of hydrogen-bond donors (Lipinski definition) is 1. The number of carbonyl (C=O) groups is 2. The van der Waals surface area contributed by atoms with Crippen LogP contribution in [0.2, 0.25) is 0 Å². The Kier molecular flexibility index (Phi) is 6.59. The Morgan fingerprint density at radius 1 is 0.906 bits per heavy atom. The van der Waals surface area contributed by atoms with E-state index < -0.39 is 17.6 Å². The highest BCUT2D eigenvalue weighted by Gasteiger charge is 2.30. The Morgan fingerprint density at radius 3 is 2.00 bits per heavy atom. The summed E-state index contributed by atoms with van der Waals surface area (Å²) in [6, 6.07) is 19.1. The zero-order valence-corrected chi connectivity index (χ0v) is 17.0. The quantitative estimate of drug-likeness (QED) is 0.604. The first kappa shape index (κ1) is 22.6. The van der Waals surface area contributed by atoms with E-state index in [4.69, 9.17) is 5.26 Å². The van der Waals surface area contributed by atoms with Gasteiger partial charge in [0, 0.05) is 30.4 Å². The summed E-state index contributed by atoms with van der Waals surface area (Å²) in [5, 5.41) is 11.4. The predicted molar refractivity (Wildman–Crippen MR) is 113 cm³/mol. The molecule has 3 rings (SSSR count). The van der Waals surface area contributed by atoms with Gasteiger partial charge in [0.2, 0.25) is 0 Å². The van der Waals surface area contributed by atoms with Gasteiger partial charge in [-0.2, -0.15) is 18.4 Å². The maximum absolute atomic E-state index is 12.6. The molecule has 0 fully saturated rings. The van der Waals surface area contributed by atoms with E-state index in [1.54, 1.807) is 31.3 Å². The Bertz CT molecular complexity index is 1150. The van der Waals surface area contributed by atoms with Crippen molar-refractivity contribution in [2.45, 2.75) is 12.7 Å². The minimum Gasteiger partial charge on any atom is -0.337 e. The lowest BCUT2D eigenvalue weighted by Gasteiger charge is -2.17.